The maximum Gasteiger partial charge on any atom is 0.260 e. The lowest BCUT2D eigenvalue weighted by Crippen LogP contribution is -2.10. The summed E-state index contributed by atoms with van der Waals surface area (Å²) in [6.45, 7) is 0. The summed E-state index contributed by atoms with van der Waals surface area (Å²) < 4.78 is 5.14. The van der Waals surface area contributed by atoms with E-state index in [0.29, 0.717) is 16.0 Å². The van der Waals surface area contributed by atoms with Gasteiger partial charge in [-0.15, -0.1) is 22.9 Å². The second kappa shape index (κ2) is 5.26. The number of fused-ring (bicyclic) bond motifs is 1. The van der Waals surface area contributed by atoms with Crippen LogP contribution in [0.15, 0.2) is 34.4 Å². The number of alkyl halides is 1. The Morgan fingerprint density at radius 1 is 1.35 bits per heavy atom. The first-order chi connectivity index (χ1) is 9.72. The Balaban J connectivity index is 2.19. The molecule has 4 nitrogen and oxygen atoms in total. The minimum atomic E-state index is -0.155. The van der Waals surface area contributed by atoms with E-state index in [1.165, 1.54) is 11.3 Å². The van der Waals surface area contributed by atoms with Gasteiger partial charge in [0.15, 0.2) is 0 Å². The van der Waals surface area contributed by atoms with Gasteiger partial charge in [0.2, 0.25) is 0 Å². The predicted molar refractivity (Wildman–Crippen MR) is 81.8 cm³/mol. The van der Waals surface area contributed by atoms with Crippen LogP contribution in [0.1, 0.15) is 5.82 Å². The number of hydrogen-bond donors (Lipinski definition) is 1. The van der Waals surface area contributed by atoms with Crippen molar-refractivity contribution in [2.45, 2.75) is 5.88 Å². The molecule has 0 radical (unpaired) electrons. The van der Waals surface area contributed by atoms with Gasteiger partial charge in [0.1, 0.15) is 16.4 Å². The van der Waals surface area contributed by atoms with Crippen LogP contribution in [0.2, 0.25) is 0 Å². The summed E-state index contributed by atoms with van der Waals surface area (Å²) in [5, 5.41) is 2.54. The van der Waals surface area contributed by atoms with Crippen LogP contribution in [0, 0.1) is 0 Å². The fourth-order valence-corrected chi connectivity index (χ4v) is 3.13. The predicted octanol–water partition coefficient (Wildman–Crippen LogP) is 3.40. The van der Waals surface area contributed by atoms with Crippen molar-refractivity contribution in [3.8, 4) is 16.9 Å². The summed E-state index contributed by atoms with van der Waals surface area (Å²) in [6, 6.07) is 7.59. The second-order valence-electron chi connectivity index (χ2n) is 4.20. The van der Waals surface area contributed by atoms with Gasteiger partial charge in [0.25, 0.3) is 5.56 Å². The highest BCUT2D eigenvalue weighted by Crippen LogP contribution is 2.31. The zero-order chi connectivity index (χ0) is 14.1. The Morgan fingerprint density at radius 3 is 2.75 bits per heavy atom. The van der Waals surface area contributed by atoms with E-state index < -0.39 is 0 Å². The van der Waals surface area contributed by atoms with E-state index in [-0.39, 0.29) is 11.4 Å². The van der Waals surface area contributed by atoms with Crippen LogP contribution in [-0.4, -0.2) is 17.1 Å². The Hall–Kier alpha value is -1.85. The Bertz CT molecular complexity index is 808. The van der Waals surface area contributed by atoms with Crippen molar-refractivity contribution in [3.05, 3.63) is 45.8 Å². The molecule has 0 unspecified atom stereocenters. The summed E-state index contributed by atoms with van der Waals surface area (Å²) in [4.78, 5) is 19.9. The SMILES string of the molecule is COc1ccc(-c2csc3nc(CCl)[nH]c(=O)c23)cc1. The fourth-order valence-electron chi connectivity index (χ4n) is 2.04. The highest BCUT2D eigenvalue weighted by molar-refractivity contribution is 7.17. The first-order valence-corrected chi connectivity index (χ1v) is 7.35. The number of H-pyrrole nitrogens is 1. The number of aromatic nitrogens is 2. The molecule has 6 heteroatoms. The molecule has 0 bridgehead atoms. The fraction of sp³-hybridized carbons (Fsp3) is 0.143. The highest BCUT2D eigenvalue weighted by atomic mass is 35.5. The van der Waals surface area contributed by atoms with Crippen molar-refractivity contribution >= 4 is 33.2 Å². The number of halogens is 1. The Kier molecular flexibility index (Phi) is 3.46. The number of nitrogens with zero attached hydrogens (tertiary/aromatic N) is 1. The van der Waals surface area contributed by atoms with Crippen molar-refractivity contribution in [2.75, 3.05) is 7.11 Å². The van der Waals surface area contributed by atoms with Gasteiger partial charge in [-0.25, -0.2) is 4.98 Å². The first-order valence-electron chi connectivity index (χ1n) is 5.93. The maximum atomic E-state index is 12.2. The zero-order valence-corrected chi connectivity index (χ0v) is 12.2. The van der Waals surface area contributed by atoms with E-state index in [9.17, 15) is 4.79 Å². The summed E-state index contributed by atoms with van der Waals surface area (Å²) in [5.41, 5.74) is 1.68. The Labute approximate surface area is 124 Å². The summed E-state index contributed by atoms with van der Waals surface area (Å²) in [7, 11) is 1.62. The van der Waals surface area contributed by atoms with Crippen LogP contribution in [0.5, 0.6) is 5.75 Å². The van der Waals surface area contributed by atoms with Crippen molar-refractivity contribution in [3.63, 3.8) is 0 Å². The third-order valence-corrected chi connectivity index (χ3v) is 4.15. The number of benzene rings is 1. The van der Waals surface area contributed by atoms with Crippen molar-refractivity contribution in [1.82, 2.24) is 9.97 Å². The van der Waals surface area contributed by atoms with Crippen LogP contribution in [-0.2, 0) is 5.88 Å². The van der Waals surface area contributed by atoms with Gasteiger partial charge in [0, 0.05) is 10.9 Å². The quantitative estimate of drug-likeness (QED) is 0.755. The number of aromatic amines is 1. The minimum absolute atomic E-state index is 0.155. The monoisotopic (exact) mass is 306 g/mol. The molecular formula is C14H11ClN2O2S. The summed E-state index contributed by atoms with van der Waals surface area (Å²) >= 11 is 7.16. The molecular weight excluding hydrogens is 296 g/mol. The molecule has 0 aliphatic heterocycles. The average Bonchev–Trinajstić information content (AvgIpc) is 2.91. The molecule has 3 aromatic rings. The van der Waals surface area contributed by atoms with Crippen LogP contribution in [0.25, 0.3) is 21.3 Å². The van der Waals surface area contributed by atoms with E-state index in [2.05, 4.69) is 9.97 Å². The lowest BCUT2D eigenvalue weighted by Gasteiger charge is -2.02. The van der Waals surface area contributed by atoms with E-state index in [4.69, 9.17) is 16.3 Å². The standard InChI is InChI=1S/C14H11ClN2O2S/c1-19-9-4-2-8(3-5-9)10-7-20-14-12(10)13(18)16-11(6-15)17-14/h2-5,7H,6H2,1H3,(H,16,17,18). The number of rotatable bonds is 3. The van der Waals surface area contributed by atoms with E-state index in [1.807, 2.05) is 29.6 Å². The van der Waals surface area contributed by atoms with Crippen LogP contribution >= 0.6 is 22.9 Å². The normalized spacial score (nSPS) is 10.9. The second-order valence-corrected chi connectivity index (χ2v) is 5.33. The molecule has 0 aliphatic carbocycles. The van der Waals surface area contributed by atoms with Crippen LogP contribution < -0.4 is 10.3 Å². The van der Waals surface area contributed by atoms with Gasteiger partial charge >= 0.3 is 0 Å². The van der Waals surface area contributed by atoms with Crippen molar-refractivity contribution in [2.24, 2.45) is 0 Å². The third kappa shape index (κ3) is 2.19. The lowest BCUT2D eigenvalue weighted by molar-refractivity contribution is 0.415. The van der Waals surface area contributed by atoms with Crippen molar-refractivity contribution in [1.29, 1.82) is 0 Å². The molecule has 3 rings (SSSR count). The van der Waals surface area contributed by atoms with Gasteiger partial charge < -0.3 is 9.72 Å². The summed E-state index contributed by atoms with van der Waals surface area (Å²) in [5.74, 6) is 1.47. The summed E-state index contributed by atoms with van der Waals surface area (Å²) in [6.07, 6.45) is 0. The number of methoxy groups -OCH3 is 1. The molecule has 0 saturated heterocycles. The minimum Gasteiger partial charge on any atom is -0.497 e. The number of hydrogen-bond acceptors (Lipinski definition) is 4. The molecule has 2 heterocycles. The van der Waals surface area contributed by atoms with E-state index >= 15 is 0 Å². The van der Waals surface area contributed by atoms with Crippen LogP contribution in [0.4, 0.5) is 0 Å². The molecule has 1 N–H and O–H groups in total. The maximum absolute atomic E-state index is 12.2. The molecule has 2 aromatic heterocycles. The van der Waals surface area contributed by atoms with E-state index in [0.717, 1.165) is 16.9 Å². The van der Waals surface area contributed by atoms with Gasteiger partial charge in [-0.05, 0) is 17.7 Å². The molecule has 20 heavy (non-hydrogen) atoms. The average molecular weight is 307 g/mol. The smallest absolute Gasteiger partial charge is 0.260 e. The molecule has 0 spiro atoms. The molecule has 0 atom stereocenters. The topological polar surface area (TPSA) is 55.0 Å². The molecule has 0 saturated carbocycles. The third-order valence-electron chi connectivity index (χ3n) is 3.02. The van der Waals surface area contributed by atoms with E-state index in [1.54, 1.807) is 7.11 Å². The molecule has 102 valence electrons. The van der Waals surface area contributed by atoms with Crippen molar-refractivity contribution < 1.29 is 4.74 Å². The first kappa shape index (κ1) is 13.1. The van der Waals surface area contributed by atoms with Gasteiger partial charge in [-0.1, -0.05) is 12.1 Å². The van der Waals surface area contributed by atoms with Gasteiger partial charge in [0.05, 0.1) is 18.4 Å². The molecule has 0 aliphatic rings. The highest BCUT2D eigenvalue weighted by Gasteiger charge is 2.12. The molecule has 0 amide bonds. The van der Waals surface area contributed by atoms with Gasteiger partial charge in [-0.3, -0.25) is 4.79 Å². The number of nitrogens with one attached hydrogen (secondary N) is 1. The lowest BCUT2D eigenvalue weighted by atomic mass is 10.1. The number of ether oxygens (including phenoxy) is 1. The molecule has 0 fully saturated rings. The largest absolute Gasteiger partial charge is 0.497 e. The van der Waals surface area contributed by atoms with Gasteiger partial charge in [-0.2, -0.15) is 0 Å². The number of thiophene rings is 1. The van der Waals surface area contributed by atoms with Crippen LogP contribution in [0.3, 0.4) is 0 Å². The molecule has 1 aromatic carbocycles. The zero-order valence-electron chi connectivity index (χ0n) is 10.6. The Morgan fingerprint density at radius 2 is 2.10 bits per heavy atom.